The second-order valence-corrected chi connectivity index (χ2v) is 3.09. The van der Waals surface area contributed by atoms with E-state index in [1.165, 1.54) is 24.8 Å². The molecule has 1 heteroatoms. The summed E-state index contributed by atoms with van der Waals surface area (Å²) in [5.41, 5.74) is 1.28. The average molecular weight is 296 g/mol. The van der Waals surface area contributed by atoms with Crippen LogP contribution in [0.4, 0.5) is 0 Å². The first kappa shape index (κ1) is 21.6. The smallest absolute Gasteiger partial charge is 0 e. The van der Waals surface area contributed by atoms with Gasteiger partial charge in [0, 0.05) is 32.7 Å². The van der Waals surface area contributed by atoms with E-state index in [2.05, 4.69) is 32.9 Å². The van der Waals surface area contributed by atoms with Crippen LogP contribution in [0.15, 0.2) is 24.3 Å². The predicted molar refractivity (Wildman–Crippen MR) is 71.2 cm³/mol. The van der Waals surface area contributed by atoms with Crippen LogP contribution in [0.5, 0.6) is 0 Å². The van der Waals surface area contributed by atoms with Crippen molar-refractivity contribution in [3.63, 3.8) is 0 Å². The van der Waals surface area contributed by atoms with Crippen molar-refractivity contribution in [3.05, 3.63) is 35.9 Å². The zero-order valence-corrected chi connectivity index (χ0v) is 14.6. The molecule has 1 aromatic carbocycles. The van der Waals surface area contributed by atoms with E-state index in [1.54, 1.807) is 0 Å². The van der Waals surface area contributed by atoms with E-state index in [9.17, 15) is 0 Å². The third kappa shape index (κ3) is 16.7. The summed E-state index contributed by atoms with van der Waals surface area (Å²) in [5.74, 6) is 0. The molecule has 1 rings (SSSR count). The van der Waals surface area contributed by atoms with Crippen molar-refractivity contribution in [1.29, 1.82) is 0 Å². The maximum Gasteiger partial charge on any atom is 0 e. The Bertz CT molecular complexity index is 180. The molecule has 16 heavy (non-hydrogen) atoms. The molecule has 0 aliphatic carbocycles. The van der Waals surface area contributed by atoms with Crippen molar-refractivity contribution in [2.75, 3.05) is 0 Å². The van der Waals surface area contributed by atoms with Gasteiger partial charge in [0.2, 0.25) is 0 Å². The normalized spacial score (nSPS) is 7.56. The summed E-state index contributed by atoms with van der Waals surface area (Å²) in [5, 5.41) is 0. The number of hydrogen-bond acceptors (Lipinski definition) is 0. The van der Waals surface area contributed by atoms with Gasteiger partial charge in [-0.2, -0.15) is 35.9 Å². The van der Waals surface area contributed by atoms with E-state index in [-0.39, 0.29) is 32.7 Å². The molecule has 0 atom stereocenters. The van der Waals surface area contributed by atoms with E-state index < -0.39 is 0 Å². The first-order valence-electron chi connectivity index (χ1n) is 6.30. The minimum Gasteiger partial charge on any atom is -0.180 e. The summed E-state index contributed by atoms with van der Waals surface area (Å²) in [7, 11) is 0. The van der Waals surface area contributed by atoms with Crippen molar-refractivity contribution in [3.8, 4) is 0 Å². The molecular weight excluding hydrogens is 269 g/mol. The number of aryl methyl sites for hydroxylation is 1. The number of benzene rings is 1. The molecule has 1 aromatic rings. The molecule has 0 heterocycles. The van der Waals surface area contributed by atoms with Crippen LogP contribution in [0.2, 0.25) is 0 Å². The fourth-order valence-electron chi connectivity index (χ4n) is 1.00. The van der Waals surface area contributed by atoms with E-state index in [4.69, 9.17) is 0 Å². The monoisotopic (exact) mass is 296 g/mol. The topological polar surface area (TPSA) is 0 Å². The summed E-state index contributed by atoms with van der Waals surface area (Å²) in [6.45, 7) is 10.6. The first-order chi connectivity index (χ1) is 7.35. The third-order valence-electron chi connectivity index (χ3n) is 1.86. The SMILES string of the molecule is CC.CCCCC.CCc1[c-]cccc1.[Y]. The van der Waals surface area contributed by atoms with Crippen molar-refractivity contribution in [2.24, 2.45) is 0 Å². The van der Waals surface area contributed by atoms with Crippen LogP contribution < -0.4 is 0 Å². The summed E-state index contributed by atoms with van der Waals surface area (Å²) in [6, 6.07) is 11.2. The van der Waals surface area contributed by atoms with Crippen molar-refractivity contribution < 1.29 is 32.7 Å². The molecule has 0 nitrogen and oxygen atoms in total. The molecule has 0 saturated heterocycles. The van der Waals surface area contributed by atoms with Crippen molar-refractivity contribution in [2.45, 2.75) is 60.3 Å². The maximum atomic E-state index is 3.12. The summed E-state index contributed by atoms with van der Waals surface area (Å²) in [4.78, 5) is 0. The summed E-state index contributed by atoms with van der Waals surface area (Å²) in [6.07, 6.45) is 5.16. The Balaban J connectivity index is -0.000000187. The standard InChI is InChI=1S/C8H9.C5H12.C2H6.Y/c1-2-8-6-4-3-5-7-8;1-3-5-4-2;1-2;/h3-6H,2H2,1H3;3-5H2,1-2H3;1-2H3;/q-1;;;. The predicted octanol–water partition coefficient (Wildman–Crippen LogP) is 5.27. The van der Waals surface area contributed by atoms with Gasteiger partial charge >= 0.3 is 0 Å². The molecule has 0 unspecified atom stereocenters. The molecule has 1 radical (unpaired) electrons. The Morgan fingerprint density at radius 1 is 1.00 bits per heavy atom. The van der Waals surface area contributed by atoms with Gasteiger partial charge in [0.25, 0.3) is 0 Å². The minimum atomic E-state index is 0. The van der Waals surface area contributed by atoms with Gasteiger partial charge in [0.15, 0.2) is 0 Å². The van der Waals surface area contributed by atoms with Crippen LogP contribution in [0.3, 0.4) is 0 Å². The first-order valence-corrected chi connectivity index (χ1v) is 6.30. The number of unbranched alkanes of at least 4 members (excludes halogenated alkanes) is 2. The fraction of sp³-hybridized carbons (Fsp3) is 0.600. The largest absolute Gasteiger partial charge is 0.180 e. The fourth-order valence-corrected chi connectivity index (χ4v) is 1.00. The van der Waals surface area contributed by atoms with E-state index >= 15 is 0 Å². The third-order valence-corrected chi connectivity index (χ3v) is 1.86. The van der Waals surface area contributed by atoms with E-state index in [0.717, 1.165) is 6.42 Å². The van der Waals surface area contributed by atoms with Crippen LogP contribution in [0.25, 0.3) is 0 Å². The molecule has 0 amide bonds. The Hall–Kier alpha value is 0.324. The van der Waals surface area contributed by atoms with Gasteiger partial charge in [-0.05, 0) is 0 Å². The Labute approximate surface area is 128 Å². The van der Waals surface area contributed by atoms with Gasteiger partial charge in [0.05, 0.1) is 0 Å². The van der Waals surface area contributed by atoms with Gasteiger partial charge in [-0.1, -0.05) is 60.3 Å². The van der Waals surface area contributed by atoms with Crippen LogP contribution in [-0.4, -0.2) is 0 Å². The maximum absolute atomic E-state index is 3.12. The van der Waals surface area contributed by atoms with Gasteiger partial charge in [-0.15, -0.1) is 0 Å². The Kier molecular flexibility index (Phi) is 27.9. The molecule has 0 spiro atoms. The van der Waals surface area contributed by atoms with Gasteiger partial charge < -0.3 is 0 Å². The minimum absolute atomic E-state index is 0. The average Bonchev–Trinajstić information content (AvgIpc) is 2.34. The van der Waals surface area contributed by atoms with Gasteiger partial charge in [-0.25, -0.2) is 0 Å². The van der Waals surface area contributed by atoms with Gasteiger partial charge in [-0.3, -0.25) is 0 Å². The van der Waals surface area contributed by atoms with E-state index in [0.29, 0.717) is 0 Å². The molecule has 0 aliphatic heterocycles. The Morgan fingerprint density at radius 3 is 1.75 bits per heavy atom. The molecule has 0 aliphatic rings. The second-order valence-electron chi connectivity index (χ2n) is 3.09. The molecule has 0 N–H and O–H groups in total. The van der Waals surface area contributed by atoms with Gasteiger partial charge in [0.1, 0.15) is 0 Å². The zero-order chi connectivity index (χ0) is 11.9. The number of hydrogen-bond donors (Lipinski definition) is 0. The Morgan fingerprint density at radius 2 is 1.56 bits per heavy atom. The molecular formula is C15H27Y-. The summed E-state index contributed by atoms with van der Waals surface area (Å²) < 4.78 is 0. The van der Waals surface area contributed by atoms with Crippen LogP contribution in [-0.2, 0) is 39.1 Å². The second kappa shape index (κ2) is 20.7. The zero-order valence-electron chi connectivity index (χ0n) is 11.7. The van der Waals surface area contributed by atoms with Crippen LogP contribution >= 0.6 is 0 Å². The molecule has 91 valence electrons. The van der Waals surface area contributed by atoms with Crippen LogP contribution in [0, 0.1) is 6.07 Å². The molecule has 0 aromatic heterocycles. The van der Waals surface area contributed by atoms with E-state index in [1.807, 2.05) is 32.0 Å². The van der Waals surface area contributed by atoms with Crippen molar-refractivity contribution in [1.82, 2.24) is 0 Å². The molecule has 0 fully saturated rings. The number of rotatable bonds is 3. The molecule has 0 bridgehead atoms. The quantitative estimate of drug-likeness (QED) is 0.667. The molecule has 0 saturated carbocycles. The summed E-state index contributed by atoms with van der Waals surface area (Å²) >= 11 is 0. The van der Waals surface area contributed by atoms with Crippen molar-refractivity contribution >= 4 is 0 Å². The van der Waals surface area contributed by atoms with Crippen LogP contribution in [0.1, 0.15) is 59.4 Å².